The molecule has 0 bridgehead atoms. The molecule has 1 heteroatoms. The molecule has 0 amide bonds. The fourth-order valence-corrected chi connectivity index (χ4v) is 11.0. The summed E-state index contributed by atoms with van der Waals surface area (Å²) in [6, 6.07) is 59.8. The minimum atomic E-state index is -0.0424. The molecule has 0 spiro atoms. The number of anilines is 3. The Morgan fingerprint density at radius 3 is 2.06 bits per heavy atom. The van der Waals surface area contributed by atoms with Crippen molar-refractivity contribution in [2.45, 2.75) is 97.8 Å². The molecule has 0 unspecified atom stereocenters. The standard InChI is InChI=1S/C65H63N/c1-8-18-47-22-12-13-26-56(47)63-44(2)19-16-27-57(63)48-31-37-53(38-32-48)66(54-24-17-23-49(41-54)45-20-10-9-11-21-45)62-28-15-14-25-55(62)51-34-40-60-59(42-51)58-39-33-50(43-61(58)65(60,6)7)46-29-35-52(36-30-46)64(3,4)5/h10,12-17,19-33,35-39,41-43H,8-9,11,18,34,40H2,1-7H3. The third-order valence-corrected chi connectivity index (χ3v) is 14.5. The van der Waals surface area contributed by atoms with Gasteiger partial charge in [0.15, 0.2) is 0 Å². The molecular weight excluding hydrogens is 795 g/mol. The number of hydrogen-bond acceptors (Lipinski definition) is 1. The predicted octanol–water partition coefficient (Wildman–Crippen LogP) is 18.4. The van der Waals surface area contributed by atoms with E-state index in [4.69, 9.17) is 0 Å². The summed E-state index contributed by atoms with van der Waals surface area (Å²) in [4.78, 5) is 2.50. The number of rotatable bonds is 10. The van der Waals surface area contributed by atoms with Crippen molar-refractivity contribution in [1.29, 1.82) is 0 Å². The van der Waals surface area contributed by atoms with E-state index in [0.29, 0.717) is 0 Å². The highest BCUT2D eigenvalue weighted by Crippen LogP contribution is 2.54. The zero-order valence-corrected chi connectivity index (χ0v) is 40.0. The first-order chi connectivity index (χ1) is 32.0. The van der Waals surface area contributed by atoms with Gasteiger partial charge < -0.3 is 4.90 Å². The molecule has 0 heterocycles. The highest BCUT2D eigenvalue weighted by molar-refractivity contribution is 5.97. The first-order valence-electron chi connectivity index (χ1n) is 24.3. The summed E-state index contributed by atoms with van der Waals surface area (Å²) in [7, 11) is 0. The fourth-order valence-electron chi connectivity index (χ4n) is 11.0. The van der Waals surface area contributed by atoms with Gasteiger partial charge in [-0.15, -0.1) is 0 Å². The van der Waals surface area contributed by atoms with E-state index in [1.165, 1.54) is 94.7 Å². The molecule has 3 aliphatic rings. The van der Waals surface area contributed by atoms with Crippen molar-refractivity contribution in [1.82, 2.24) is 0 Å². The maximum Gasteiger partial charge on any atom is 0.0536 e. The van der Waals surface area contributed by atoms with E-state index in [-0.39, 0.29) is 10.8 Å². The second-order valence-electron chi connectivity index (χ2n) is 20.3. The Kier molecular flexibility index (Phi) is 11.5. The van der Waals surface area contributed by atoms with Crippen LogP contribution in [-0.4, -0.2) is 0 Å². The smallest absolute Gasteiger partial charge is 0.0536 e. The van der Waals surface area contributed by atoms with Gasteiger partial charge in [0.25, 0.3) is 0 Å². The number of aryl methyl sites for hydroxylation is 2. The first kappa shape index (κ1) is 43.2. The number of hydrogen-bond donors (Lipinski definition) is 0. The second-order valence-corrected chi connectivity index (χ2v) is 20.3. The average Bonchev–Trinajstić information content (AvgIpc) is 3.57. The number of para-hydroxylation sites is 1. The Balaban J connectivity index is 1.06. The third kappa shape index (κ3) is 8.04. The van der Waals surface area contributed by atoms with Gasteiger partial charge in [-0.1, -0.05) is 199 Å². The quantitative estimate of drug-likeness (QED) is 0.132. The number of benzene rings is 7. The zero-order valence-electron chi connectivity index (χ0n) is 40.0. The van der Waals surface area contributed by atoms with Crippen LogP contribution in [-0.2, 0) is 17.3 Å². The average molecular weight is 858 g/mol. The van der Waals surface area contributed by atoms with Gasteiger partial charge in [-0.05, 0) is 164 Å². The molecule has 3 aliphatic carbocycles. The lowest BCUT2D eigenvalue weighted by atomic mass is 9.76. The Bertz CT molecular complexity index is 3080. The van der Waals surface area contributed by atoms with Crippen molar-refractivity contribution in [3.63, 3.8) is 0 Å². The van der Waals surface area contributed by atoms with Crippen LogP contribution in [0, 0.1) is 6.92 Å². The molecule has 0 N–H and O–H groups in total. The minimum Gasteiger partial charge on any atom is -0.310 e. The van der Waals surface area contributed by atoms with E-state index < -0.39 is 0 Å². The van der Waals surface area contributed by atoms with Gasteiger partial charge in [-0.25, -0.2) is 0 Å². The number of allylic oxidation sites excluding steroid dienone is 8. The van der Waals surface area contributed by atoms with Crippen LogP contribution in [0.5, 0.6) is 0 Å². The van der Waals surface area contributed by atoms with Gasteiger partial charge in [0.2, 0.25) is 0 Å². The molecule has 7 aromatic rings. The Morgan fingerprint density at radius 2 is 1.30 bits per heavy atom. The number of nitrogens with zero attached hydrogens (tertiary/aromatic N) is 1. The monoisotopic (exact) mass is 857 g/mol. The summed E-state index contributed by atoms with van der Waals surface area (Å²) < 4.78 is 0. The molecule has 7 aromatic carbocycles. The van der Waals surface area contributed by atoms with Gasteiger partial charge in [-0.2, -0.15) is 0 Å². The van der Waals surface area contributed by atoms with Crippen molar-refractivity contribution in [2.24, 2.45) is 0 Å². The van der Waals surface area contributed by atoms with Gasteiger partial charge in [0.1, 0.15) is 0 Å². The Labute approximate surface area is 394 Å². The summed E-state index contributed by atoms with van der Waals surface area (Å²) in [6.45, 7) is 16.3. The van der Waals surface area contributed by atoms with Crippen LogP contribution in [0.15, 0.2) is 188 Å². The lowest BCUT2D eigenvalue weighted by Gasteiger charge is -2.31. The summed E-state index contributed by atoms with van der Waals surface area (Å²) >= 11 is 0. The van der Waals surface area contributed by atoms with Crippen molar-refractivity contribution >= 4 is 33.8 Å². The molecule has 1 nitrogen and oxygen atoms in total. The molecule has 0 atom stereocenters. The summed E-state index contributed by atoms with van der Waals surface area (Å²) in [5.74, 6) is 0. The fraction of sp³-hybridized carbons (Fsp3) is 0.231. The van der Waals surface area contributed by atoms with E-state index in [1.807, 2.05) is 0 Å². The zero-order chi connectivity index (χ0) is 45.6. The summed E-state index contributed by atoms with van der Waals surface area (Å²) in [6.07, 6.45) is 15.9. The minimum absolute atomic E-state index is 0.0424. The van der Waals surface area contributed by atoms with Crippen LogP contribution in [0.3, 0.4) is 0 Å². The van der Waals surface area contributed by atoms with Crippen molar-refractivity contribution < 1.29 is 0 Å². The van der Waals surface area contributed by atoms with Crippen molar-refractivity contribution in [2.75, 3.05) is 4.90 Å². The van der Waals surface area contributed by atoms with Crippen LogP contribution < -0.4 is 4.90 Å². The highest BCUT2D eigenvalue weighted by Gasteiger charge is 2.39. The van der Waals surface area contributed by atoms with Crippen molar-refractivity contribution in [3.8, 4) is 33.4 Å². The van der Waals surface area contributed by atoms with E-state index in [9.17, 15) is 0 Å². The molecule has 0 aliphatic heterocycles. The predicted molar refractivity (Wildman–Crippen MR) is 285 cm³/mol. The second kappa shape index (κ2) is 17.6. The molecule has 0 saturated carbocycles. The third-order valence-electron chi connectivity index (χ3n) is 14.5. The van der Waals surface area contributed by atoms with Crippen LogP contribution in [0.4, 0.5) is 17.1 Å². The molecule has 328 valence electrons. The van der Waals surface area contributed by atoms with E-state index in [0.717, 1.165) is 49.9 Å². The largest absolute Gasteiger partial charge is 0.310 e. The van der Waals surface area contributed by atoms with E-state index in [1.54, 1.807) is 5.57 Å². The first-order valence-corrected chi connectivity index (χ1v) is 24.3. The molecular formula is C65H63N. The molecule has 0 saturated heterocycles. The van der Waals surface area contributed by atoms with Gasteiger partial charge >= 0.3 is 0 Å². The summed E-state index contributed by atoms with van der Waals surface area (Å²) in [5, 5.41) is 0. The van der Waals surface area contributed by atoms with E-state index >= 15 is 0 Å². The summed E-state index contributed by atoms with van der Waals surface area (Å²) in [5.41, 5.74) is 26.4. The Morgan fingerprint density at radius 1 is 0.591 bits per heavy atom. The Hall–Kier alpha value is -6.70. The highest BCUT2D eigenvalue weighted by atomic mass is 15.1. The van der Waals surface area contributed by atoms with Crippen LogP contribution in [0.2, 0.25) is 0 Å². The topological polar surface area (TPSA) is 3.24 Å². The van der Waals surface area contributed by atoms with E-state index in [2.05, 4.69) is 235 Å². The van der Waals surface area contributed by atoms with Crippen molar-refractivity contribution in [3.05, 3.63) is 227 Å². The SMILES string of the molecule is CCCc1ccccc1-c1c(C)cccc1-c1ccc(N(c2cccc(C3=CCCC=C3)c2)c2ccccc2C2=CC3=C(CC2)C(C)(C)c2cc(-c4ccc(C(C)(C)C)cc4)ccc23)cc1. The maximum atomic E-state index is 2.54. The van der Waals surface area contributed by atoms with Crippen LogP contribution in [0.25, 0.3) is 50.1 Å². The normalized spacial score (nSPS) is 15.3. The maximum absolute atomic E-state index is 2.54. The molecule has 0 fully saturated rings. The van der Waals surface area contributed by atoms with Gasteiger partial charge in [0, 0.05) is 22.4 Å². The molecule has 0 radical (unpaired) electrons. The molecule has 10 rings (SSSR count). The van der Waals surface area contributed by atoms with Crippen LogP contribution >= 0.6 is 0 Å². The number of fused-ring (bicyclic) bond motifs is 2. The van der Waals surface area contributed by atoms with Crippen LogP contribution in [0.1, 0.15) is 113 Å². The molecule has 0 aromatic heterocycles. The van der Waals surface area contributed by atoms with Gasteiger partial charge in [0.05, 0.1) is 5.69 Å². The molecule has 66 heavy (non-hydrogen) atoms. The lowest BCUT2D eigenvalue weighted by molar-refractivity contribution is 0.590. The lowest BCUT2D eigenvalue weighted by Crippen LogP contribution is -2.18. The van der Waals surface area contributed by atoms with Gasteiger partial charge in [-0.3, -0.25) is 0 Å².